The number of carbonyl (C=O) groups is 2. The van der Waals surface area contributed by atoms with E-state index in [0.717, 1.165) is 12.0 Å². The number of carbonyl (C=O) groups excluding carboxylic acids is 1. The van der Waals surface area contributed by atoms with Gasteiger partial charge in [0.2, 0.25) is 5.91 Å². The van der Waals surface area contributed by atoms with Crippen LogP contribution in [0.4, 0.5) is 0 Å². The summed E-state index contributed by atoms with van der Waals surface area (Å²) in [7, 11) is 0. The van der Waals surface area contributed by atoms with Crippen molar-refractivity contribution in [1.82, 2.24) is 5.32 Å². The number of hydrogen-bond donors (Lipinski definition) is 2. The minimum absolute atomic E-state index is 0.361. The van der Waals surface area contributed by atoms with E-state index in [1.165, 1.54) is 0 Å². The Hall–Kier alpha value is -1.84. The van der Waals surface area contributed by atoms with Crippen LogP contribution in [0.3, 0.4) is 0 Å². The SMILES string of the molecule is O=C(O)C1(C(=O)NCc2ccccc2)CCC1. The van der Waals surface area contributed by atoms with Gasteiger partial charge in [0.1, 0.15) is 5.41 Å². The predicted octanol–water partition coefficient (Wildman–Crippen LogP) is 1.56. The molecule has 0 unspecified atom stereocenters. The summed E-state index contributed by atoms with van der Waals surface area (Å²) >= 11 is 0. The molecule has 1 aromatic rings. The third-order valence-electron chi connectivity index (χ3n) is 3.35. The third-order valence-corrected chi connectivity index (χ3v) is 3.35. The third kappa shape index (κ3) is 2.16. The van der Waals surface area contributed by atoms with Crippen molar-refractivity contribution in [1.29, 1.82) is 0 Å². The predicted molar refractivity (Wildman–Crippen MR) is 62.2 cm³/mol. The number of hydrogen-bond acceptors (Lipinski definition) is 2. The first-order valence-corrected chi connectivity index (χ1v) is 5.71. The monoisotopic (exact) mass is 233 g/mol. The molecule has 90 valence electrons. The van der Waals surface area contributed by atoms with Crippen LogP contribution in [0.5, 0.6) is 0 Å². The van der Waals surface area contributed by atoms with Crippen molar-refractivity contribution in [3.8, 4) is 0 Å². The van der Waals surface area contributed by atoms with Crippen LogP contribution in [0.2, 0.25) is 0 Å². The molecule has 1 fully saturated rings. The molecule has 0 atom stereocenters. The molecule has 0 heterocycles. The molecule has 0 radical (unpaired) electrons. The van der Waals surface area contributed by atoms with Crippen LogP contribution in [0.15, 0.2) is 30.3 Å². The number of amides is 1. The van der Waals surface area contributed by atoms with Crippen LogP contribution < -0.4 is 5.32 Å². The Morgan fingerprint density at radius 3 is 2.35 bits per heavy atom. The zero-order valence-corrected chi connectivity index (χ0v) is 9.48. The van der Waals surface area contributed by atoms with Gasteiger partial charge in [-0.15, -0.1) is 0 Å². The van der Waals surface area contributed by atoms with E-state index in [4.69, 9.17) is 5.11 Å². The van der Waals surface area contributed by atoms with Crippen molar-refractivity contribution >= 4 is 11.9 Å². The Morgan fingerprint density at radius 2 is 1.88 bits per heavy atom. The summed E-state index contributed by atoms with van der Waals surface area (Å²) in [4.78, 5) is 23.0. The van der Waals surface area contributed by atoms with Gasteiger partial charge in [-0.1, -0.05) is 36.8 Å². The Balaban J connectivity index is 1.96. The lowest BCUT2D eigenvalue weighted by molar-refractivity contribution is -0.162. The van der Waals surface area contributed by atoms with Crippen LogP contribution in [0.1, 0.15) is 24.8 Å². The lowest BCUT2D eigenvalue weighted by Gasteiger charge is -2.35. The molecule has 0 spiro atoms. The molecule has 2 rings (SSSR count). The van der Waals surface area contributed by atoms with E-state index in [1.54, 1.807) is 0 Å². The smallest absolute Gasteiger partial charge is 0.319 e. The number of aliphatic carboxylic acids is 1. The molecule has 0 aromatic heterocycles. The molecule has 4 heteroatoms. The Bertz CT molecular complexity index is 424. The maximum atomic E-state index is 11.9. The van der Waals surface area contributed by atoms with Gasteiger partial charge in [-0.05, 0) is 18.4 Å². The normalized spacial score (nSPS) is 16.9. The highest BCUT2D eigenvalue weighted by Gasteiger charge is 2.50. The number of carboxylic acids is 1. The second kappa shape index (κ2) is 4.57. The minimum Gasteiger partial charge on any atom is -0.480 e. The lowest BCUT2D eigenvalue weighted by Crippen LogP contribution is -2.50. The van der Waals surface area contributed by atoms with E-state index < -0.39 is 11.4 Å². The van der Waals surface area contributed by atoms with Gasteiger partial charge in [0, 0.05) is 6.54 Å². The van der Waals surface area contributed by atoms with Gasteiger partial charge in [-0.2, -0.15) is 0 Å². The molecule has 4 nitrogen and oxygen atoms in total. The van der Waals surface area contributed by atoms with Gasteiger partial charge in [-0.3, -0.25) is 9.59 Å². The van der Waals surface area contributed by atoms with E-state index in [1.807, 2.05) is 30.3 Å². The topological polar surface area (TPSA) is 66.4 Å². The lowest BCUT2D eigenvalue weighted by atomic mass is 9.68. The fourth-order valence-electron chi connectivity index (χ4n) is 2.02. The van der Waals surface area contributed by atoms with Crippen molar-refractivity contribution in [2.24, 2.45) is 5.41 Å². The van der Waals surface area contributed by atoms with Crippen LogP contribution in [0.25, 0.3) is 0 Å². The zero-order valence-electron chi connectivity index (χ0n) is 9.48. The largest absolute Gasteiger partial charge is 0.480 e. The quantitative estimate of drug-likeness (QED) is 0.775. The maximum absolute atomic E-state index is 11.9. The molecule has 0 saturated heterocycles. The van der Waals surface area contributed by atoms with Crippen LogP contribution in [-0.2, 0) is 16.1 Å². The number of carboxylic acid groups (broad SMARTS) is 1. The summed E-state index contributed by atoms with van der Waals surface area (Å²) in [6, 6.07) is 9.47. The van der Waals surface area contributed by atoms with Crippen molar-refractivity contribution in [2.75, 3.05) is 0 Å². The van der Waals surface area contributed by atoms with Gasteiger partial charge in [-0.25, -0.2) is 0 Å². The fraction of sp³-hybridized carbons (Fsp3) is 0.385. The minimum atomic E-state index is -1.17. The zero-order chi connectivity index (χ0) is 12.3. The van der Waals surface area contributed by atoms with Crippen LogP contribution in [0, 0.1) is 5.41 Å². The van der Waals surface area contributed by atoms with Crippen LogP contribution in [-0.4, -0.2) is 17.0 Å². The Morgan fingerprint density at radius 1 is 1.24 bits per heavy atom. The first-order chi connectivity index (χ1) is 8.15. The number of nitrogens with one attached hydrogen (secondary N) is 1. The summed E-state index contributed by atoms with van der Waals surface area (Å²) in [5.41, 5.74) is -0.199. The standard InChI is InChI=1S/C13H15NO3/c15-11(13(12(16)17)7-4-8-13)14-9-10-5-2-1-3-6-10/h1-3,5-6H,4,7-9H2,(H,14,15)(H,16,17). The molecule has 1 aromatic carbocycles. The Labute approximate surface area is 99.6 Å². The first kappa shape index (κ1) is 11.6. The highest BCUT2D eigenvalue weighted by Crippen LogP contribution is 2.41. The summed E-state index contributed by atoms with van der Waals surface area (Å²) < 4.78 is 0. The average Bonchev–Trinajstić information content (AvgIpc) is 2.25. The molecule has 2 N–H and O–H groups in total. The molecular formula is C13H15NO3. The molecule has 1 saturated carbocycles. The van der Waals surface area contributed by atoms with Crippen molar-refractivity contribution in [3.63, 3.8) is 0 Å². The highest BCUT2D eigenvalue weighted by molar-refractivity contribution is 6.02. The second-order valence-corrected chi connectivity index (χ2v) is 4.41. The molecule has 0 aliphatic heterocycles. The van der Waals surface area contributed by atoms with Crippen molar-refractivity contribution in [3.05, 3.63) is 35.9 Å². The molecule has 1 aliphatic carbocycles. The van der Waals surface area contributed by atoms with E-state index in [0.29, 0.717) is 19.4 Å². The van der Waals surface area contributed by atoms with Gasteiger partial charge in [0.15, 0.2) is 0 Å². The summed E-state index contributed by atoms with van der Waals surface area (Å²) in [5, 5.41) is 11.8. The second-order valence-electron chi connectivity index (χ2n) is 4.41. The molecular weight excluding hydrogens is 218 g/mol. The summed E-state index contributed by atoms with van der Waals surface area (Å²) in [5.74, 6) is -1.37. The summed E-state index contributed by atoms with van der Waals surface area (Å²) in [6.45, 7) is 0.384. The maximum Gasteiger partial charge on any atom is 0.319 e. The van der Waals surface area contributed by atoms with Gasteiger partial charge >= 0.3 is 5.97 Å². The fourth-order valence-corrected chi connectivity index (χ4v) is 2.02. The Kier molecular flexibility index (Phi) is 3.13. The van der Waals surface area contributed by atoms with Crippen LogP contribution >= 0.6 is 0 Å². The number of rotatable bonds is 4. The van der Waals surface area contributed by atoms with E-state index in [-0.39, 0.29) is 5.91 Å². The first-order valence-electron chi connectivity index (χ1n) is 5.71. The molecule has 17 heavy (non-hydrogen) atoms. The van der Waals surface area contributed by atoms with E-state index in [9.17, 15) is 9.59 Å². The molecule has 0 bridgehead atoms. The van der Waals surface area contributed by atoms with Gasteiger partial charge < -0.3 is 10.4 Å². The molecule has 1 aliphatic rings. The van der Waals surface area contributed by atoms with Gasteiger partial charge in [0.25, 0.3) is 0 Å². The van der Waals surface area contributed by atoms with E-state index in [2.05, 4.69) is 5.32 Å². The highest BCUT2D eigenvalue weighted by atomic mass is 16.4. The molecule has 1 amide bonds. The van der Waals surface area contributed by atoms with Gasteiger partial charge in [0.05, 0.1) is 0 Å². The average molecular weight is 233 g/mol. The summed E-state index contributed by atoms with van der Waals surface area (Å²) in [6.07, 6.45) is 1.71. The number of benzene rings is 1. The van der Waals surface area contributed by atoms with Crippen molar-refractivity contribution < 1.29 is 14.7 Å². The van der Waals surface area contributed by atoms with E-state index >= 15 is 0 Å². The van der Waals surface area contributed by atoms with Crippen molar-refractivity contribution in [2.45, 2.75) is 25.8 Å².